The summed E-state index contributed by atoms with van der Waals surface area (Å²) in [5.41, 5.74) is 0. The zero-order valence-electron chi connectivity index (χ0n) is 4.59. The normalized spacial score (nSPS) is 28.4. The maximum absolute atomic E-state index is 2.22. The molecule has 0 nitrogen and oxygen atoms in total. The van der Waals surface area contributed by atoms with E-state index in [9.17, 15) is 0 Å². The van der Waals surface area contributed by atoms with Crippen LogP contribution in [0.4, 0.5) is 0 Å². The van der Waals surface area contributed by atoms with Crippen LogP contribution in [0, 0.1) is 5.92 Å². The first kappa shape index (κ1) is 4.63. The van der Waals surface area contributed by atoms with Crippen LogP contribution in [-0.4, -0.2) is 0 Å². The van der Waals surface area contributed by atoms with E-state index in [1.54, 1.807) is 0 Å². The van der Waals surface area contributed by atoms with Crippen LogP contribution in [0.1, 0.15) is 13.3 Å². The molecule has 0 aromatic heterocycles. The summed E-state index contributed by atoms with van der Waals surface area (Å²) in [5, 5.41) is 0. The maximum Gasteiger partial charge on any atom is -0.0224 e. The molecule has 1 aliphatic rings. The minimum absolute atomic E-state index is 0.769. The molecule has 0 saturated carbocycles. The Balaban J connectivity index is 2.49. The van der Waals surface area contributed by atoms with Crippen LogP contribution in [0.15, 0.2) is 24.3 Å². The highest BCUT2D eigenvalue weighted by atomic mass is 14.0. The zero-order valence-corrected chi connectivity index (χ0v) is 4.59. The Labute approximate surface area is 44.5 Å². The second-order valence-electron chi connectivity index (χ2n) is 2.03. The molecule has 0 N–H and O–H groups in total. The fraction of sp³-hybridized carbons (Fsp3) is 0.429. The Morgan fingerprint density at radius 1 is 1.43 bits per heavy atom. The highest BCUT2D eigenvalue weighted by Crippen LogP contribution is 2.08. The molecular weight excluding hydrogens is 84.1 g/mol. The van der Waals surface area contributed by atoms with E-state index in [0.29, 0.717) is 0 Å². The molecule has 7 heavy (non-hydrogen) atoms. The van der Waals surface area contributed by atoms with Crippen molar-refractivity contribution in [2.75, 3.05) is 0 Å². The average molecular weight is 94.2 g/mol. The molecule has 0 saturated heterocycles. The summed E-state index contributed by atoms with van der Waals surface area (Å²) in [6.45, 7) is 2.22. The minimum Gasteiger partial charge on any atom is -0.0840 e. The predicted molar refractivity (Wildman–Crippen MR) is 32.1 cm³/mol. The fourth-order valence-electron chi connectivity index (χ4n) is 0.704. The van der Waals surface area contributed by atoms with Gasteiger partial charge in [0, 0.05) is 0 Å². The van der Waals surface area contributed by atoms with Crippen molar-refractivity contribution >= 4 is 0 Å². The van der Waals surface area contributed by atoms with Crippen LogP contribution >= 0.6 is 0 Å². The van der Waals surface area contributed by atoms with Crippen LogP contribution in [0.5, 0.6) is 0 Å². The molecule has 0 fully saturated rings. The van der Waals surface area contributed by atoms with E-state index < -0.39 is 0 Å². The molecule has 0 radical (unpaired) electrons. The highest BCUT2D eigenvalue weighted by Gasteiger charge is 1.93. The Bertz CT molecular complexity index is 98.6. The fourth-order valence-corrected chi connectivity index (χ4v) is 0.704. The van der Waals surface area contributed by atoms with Gasteiger partial charge in [-0.2, -0.15) is 0 Å². The first-order valence-corrected chi connectivity index (χ1v) is 2.73. The maximum atomic E-state index is 2.22. The Kier molecular flexibility index (Phi) is 1.30. The third-order valence-corrected chi connectivity index (χ3v) is 1.19. The summed E-state index contributed by atoms with van der Waals surface area (Å²) >= 11 is 0. The number of rotatable bonds is 0. The van der Waals surface area contributed by atoms with Gasteiger partial charge in [0.25, 0.3) is 0 Å². The summed E-state index contributed by atoms with van der Waals surface area (Å²) in [4.78, 5) is 0. The Morgan fingerprint density at radius 3 is 2.57 bits per heavy atom. The van der Waals surface area contributed by atoms with Gasteiger partial charge < -0.3 is 0 Å². The zero-order chi connectivity index (χ0) is 5.11. The standard InChI is InChI=1S/C7H10/c1-7-5-3-2-4-6-7/h2-5,7H,6H2,1H3/t7-/m0/s1. The van der Waals surface area contributed by atoms with E-state index in [1.165, 1.54) is 6.42 Å². The van der Waals surface area contributed by atoms with Gasteiger partial charge in [-0.1, -0.05) is 31.2 Å². The van der Waals surface area contributed by atoms with Crippen molar-refractivity contribution in [3.05, 3.63) is 24.3 Å². The second kappa shape index (κ2) is 1.97. The first-order chi connectivity index (χ1) is 3.39. The van der Waals surface area contributed by atoms with Crippen LogP contribution in [0.25, 0.3) is 0 Å². The number of hydrogen-bond donors (Lipinski definition) is 0. The van der Waals surface area contributed by atoms with Gasteiger partial charge in [0.2, 0.25) is 0 Å². The Morgan fingerprint density at radius 2 is 2.29 bits per heavy atom. The molecule has 1 aliphatic carbocycles. The van der Waals surface area contributed by atoms with Crippen molar-refractivity contribution in [1.82, 2.24) is 0 Å². The summed E-state index contributed by atoms with van der Waals surface area (Å²) in [6, 6.07) is 0. The first-order valence-electron chi connectivity index (χ1n) is 2.73. The molecule has 0 heterocycles. The number of allylic oxidation sites excluding steroid dienone is 4. The lowest BCUT2D eigenvalue weighted by molar-refractivity contribution is 0.737. The van der Waals surface area contributed by atoms with E-state index in [2.05, 4.69) is 31.2 Å². The van der Waals surface area contributed by atoms with Crippen LogP contribution in [-0.2, 0) is 0 Å². The topological polar surface area (TPSA) is 0 Å². The van der Waals surface area contributed by atoms with Crippen molar-refractivity contribution in [1.29, 1.82) is 0 Å². The summed E-state index contributed by atoms with van der Waals surface area (Å²) in [5.74, 6) is 0.769. The lowest BCUT2D eigenvalue weighted by Gasteiger charge is -2.02. The van der Waals surface area contributed by atoms with Crippen molar-refractivity contribution in [3.8, 4) is 0 Å². The smallest absolute Gasteiger partial charge is 0.0224 e. The molecule has 0 aromatic carbocycles. The molecule has 1 atom stereocenters. The predicted octanol–water partition coefficient (Wildman–Crippen LogP) is 2.14. The van der Waals surface area contributed by atoms with Gasteiger partial charge in [-0.3, -0.25) is 0 Å². The van der Waals surface area contributed by atoms with Crippen LogP contribution in [0.2, 0.25) is 0 Å². The molecule has 0 unspecified atom stereocenters. The van der Waals surface area contributed by atoms with E-state index in [-0.39, 0.29) is 0 Å². The third kappa shape index (κ3) is 1.19. The van der Waals surface area contributed by atoms with Gasteiger partial charge in [0.05, 0.1) is 0 Å². The van der Waals surface area contributed by atoms with Gasteiger partial charge in [0.1, 0.15) is 0 Å². The Hall–Kier alpha value is -0.520. The molecule has 0 spiro atoms. The molecule has 0 bridgehead atoms. The summed E-state index contributed by atoms with van der Waals surface area (Å²) in [6.07, 6.45) is 9.84. The van der Waals surface area contributed by atoms with Crippen LogP contribution < -0.4 is 0 Å². The van der Waals surface area contributed by atoms with E-state index in [4.69, 9.17) is 0 Å². The molecule has 1 rings (SSSR count). The van der Waals surface area contributed by atoms with Crippen molar-refractivity contribution in [2.45, 2.75) is 13.3 Å². The number of hydrogen-bond acceptors (Lipinski definition) is 0. The van der Waals surface area contributed by atoms with Crippen molar-refractivity contribution < 1.29 is 0 Å². The van der Waals surface area contributed by atoms with Gasteiger partial charge >= 0.3 is 0 Å². The molecule has 0 aliphatic heterocycles. The molecule has 0 amide bonds. The summed E-state index contributed by atoms with van der Waals surface area (Å²) in [7, 11) is 0. The summed E-state index contributed by atoms with van der Waals surface area (Å²) < 4.78 is 0. The quantitative estimate of drug-likeness (QED) is 0.431. The molecule has 0 aromatic rings. The average Bonchev–Trinajstić information content (AvgIpc) is 1.69. The molecule has 38 valence electrons. The van der Waals surface area contributed by atoms with Gasteiger partial charge in [-0.25, -0.2) is 0 Å². The van der Waals surface area contributed by atoms with Crippen molar-refractivity contribution in [2.24, 2.45) is 5.92 Å². The van der Waals surface area contributed by atoms with Gasteiger partial charge in [0.15, 0.2) is 0 Å². The van der Waals surface area contributed by atoms with E-state index in [0.717, 1.165) is 5.92 Å². The van der Waals surface area contributed by atoms with E-state index in [1.807, 2.05) is 0 Å². The van der Waals surface area contributed by atoms with E-state index >= 15 is 0 Å². The third-order valence-electron chi connectivity index (χ3n) is 1.19. The van der Waals surface area contributed by atoms with Gasteiger partial charge in [-0.15, -0.1) is 0 Å². The van der Waals surface area contributed by atoms with Crippen LogP contribution in [0.3, 0.4) is 0 Å². The minimum atomic E-state index is 0.769. The monoisotopic (exact) mass is 94.1 g/mol. The lowest BCUT2D eigenvalue weighted by atomic mass is 10.0. The second-order valence-corrected chi connectivity index (χ2v) is 2.03. The van der Waals surface area contributed by atoms with Crippen molar-refractivity contribution in [3.63, 3.8) is 0 Å². The molecular formula is C7H10. The SMILES string of the molecule is C[C@H]1C=CC=CC1. The van der Waals surface area contributed by atoms with Gasteiger partial charge in [-0.05, 0) is 12.3 Å². The lowest BCUT2D eigenvalue weighted by Crippen LogP contribution is -1.87. The highest BCUT2D eigenvalue weighted by molar-refractivity contribution is 5.09. The largest absolute Gasteiger partial charge is 0.0840 e. The molecule has 0 heteroatoms.